The van der Waals surface area contributed by atoms with Gasteiger partial charge >= 0.3 is 0 Å². The number of unbranched alkanes of at least 4 members (excludes halogenated alkanes) is 2. The molecule has 48 heavy (non-hydrogen) atoms. The lowest BCUT2D eigenvalue weighted by Crippen LogP contribution is -2.43. The van der Waals surface area contributed by atoms with E-state index >= 15 is 0 Å². The van der Waals surface area contributed by atoms with Crippen LogP contribution in [0.4, 0.5) is 0 Å². The Labute approximate surface area is 291 Å². The Kier molecular flexibility index (Phi) is 24.3. The minimum Gasteiger partial charge on any atom is -0.356 e. The van der Waals surface area contributed by atoms with E-state index in [2.05, 4.69) is 33.5 Å². The molecular formula is C36H71N7O5. The maximum Gasteiger partial charge on any atom is 0.223 e. The van der Waals surface area contributed by atoms with Crippen molar-refractivity contribution in [2.24, 2.45) is 40.1 Å². The number of Topliss-reactive ketones (excluding diaryl/α,β-unsaturated/α-hetero) is 2. The number of nitrogens with two attached hydrogens (primary N) is 2. The first-order valence-electron chi connectivity index (χ1n) is 18.4. The number of hydrogen-bond acceptors (Lipinski definition) is 9. The van der Waals surface area contributed by atoms with Gasteiger partial charge in [0.2, 0.25) is 17.7 Å². The van der Waals surface area contributed by atoms with Gasteiger partial charge in [0.05, 0.1) is 0 Å². The van der Waals surface area contributed by atoms with Crippen LogP contribution in [0.25, 0.3) is 0 Å². The molecule has 0 bridgehead atoms. The van der Waals surface area contributed by atoms with Gasteiger partial charge in [-0.3, -0.25) is 24.0 Å². The summed E-state index contributed by atoms with van der Waals surface area (Å²) < 4.78 is 0. The van der Waals surface area contributed by atoms with E-state index in [0.29, 0.717) is 58.9 Å². The molecule has 0 spiro atoms. The molecule has 0 aliphatic carbocycles. The smallest absolute Gasteiger partial charge is 0.223 e. The van der Waals surface area contributed by atoms with E-state index in [4.69, 9.17) is 11.5 Å². The first-order valence-corrected chi connectivity index (χ1v) is 18.4. The molecular weight excluding hydrogens is 610 g/mol. The Bertz CT molecular complexity index is 957. The highest BCUT2D eigenvalue weighted by Crippen LogP contribution is 2.37. The normalized spacial score (nSPS) is 13.8. The van der Waals surface area contributed by atoms with Gasteiger partial charge in [-0.15, -0.1) is 0 Å². The topological polar surface area (TPSA) is 198 Å². The molecule has 3 amide bonds. The van der Waals surface area contributed by atoms with E-state index in [1.54, 1.807) is 13.8 Å². The molecule has 280 valence electrons. The highest BCUT2D eigenvalue weighted by Gasteiger charge is 2.40. The van der Waals surface area contributed by atoms with Crippen molar-refractivity contribution in [1.82, 2.24) is 26.6 Å². The summed E-state index contributed by atoms with van der Waals surface area (Å²) >= 11 is 0. The second-order valence-electron chi connectivity index (χ2n) is 14.4. The summed E-state index contributed by atoms with van der Waals surface area (Å²) in [5.41, 5.74) is 9.24. The number of carbonyl (C=O) groups is 5. The Morgan fingerprint density at radius 1 is 0.583 bits per heavy atom. The summed E-state index contributed by atoms with van der Waals surface area (Å²) in [6, 6.07) is 0. The predicted octanol–water partition coefficient (Wildman–Crippen LogP) is 2.43. The van der Waals surface area contributed by atoms with Crippen molar-refractivity contribution in [3.05, 3.63) is 0 Å². The molecule has 0 aromatic heterocycles. The first-order chi connectivity index (χ1) is 22.7. The zero-order valence-electron chi connectivity index (χ0n) is 31.4. The van der Waals surface area contributed by atoms with Gasteiger partial charge in [0, 0.05) is 100 Å². The maximum atomic E-state index is 14.0. The van der Waals surface area contributed by atoms with E-state index in [1.165, 1.54) is 0 Å². The van der Waals surface area contributed by atoms with E-state index in [9.17, 15) is 24.0 Å². The van der Waals surface area contributed by atoms with Gasteiger partial charge in [0.15, 0.2) is 0 Å². The van der Waals surface area contributed by atoms with Gasteiger partial charge in [0.1, 0.15) is 11.6 Å². The second kappa shape index (κ2) is 25.5. The number of hydrogen-bond donors (Lipinski definition) is 7. The van der Waals surface area contributed by atoms with Gasteiger partial charge in [0.25, 0.3) is 0 Å². The molecule has 9 N–H and O–H groups in total. The van der Waals surface area contributed by atoms with E-state index in [1.807, 2.05) is 27.7 Å². The number of carbonyl (C=O) groups excluding carboxylic acids is 5. The van der Waals surface area contributed by atoms with Crippen LogP contribution in [-0.2, 0) is 24.0 Å². The number of ketones is 2. The third-order valence-corrected chi connectivity index (χ3v) is 9.01. The third kappa shape index (κ3) is 19.0. The Morgan fingerprint density at radius 3 is 1.60 bits per heavy atom. The minimum atomic E-state index is -1.00. The number of rotatable bonds is 30. The second-order valence-corrected chi connectivity index (χ2v) is 14.4. The van der Waals surface area contributed by atoms with E-state index < -0.39 is 22.7 Å². The summed E-state index contributed by atoms with van der Waals surface area (Å²) in [6.07, 6.45) is 5.49. The van der Waals surface area contributed by atoms with Crippen LogP contribution in [0.1, 0.15) is 113 Å². The van der Waals surface area contributed by atoms with Gasteiger partial charge in [-0.1, -0.05) is 67.7 Å². The molecule has 3 unspecified atom stereocenters. The quantitative estimate of drug-likeness (QED) is 0.0557. The minimum absolute atomic E-state index is 0.0526. The molecule has 0 aromatic rings. The molecule has 12 nitrogen and oxygen atoms in total. The van der Waals surface area contributed by atoms with Crippen molar-refractivity contribution in [3.8, 4) is 0 Å². The van der Waals surface area contributed by atoms with Crippen LogP contribution < -0.4 is 38.1 Å². The van der Waals surface area contributed by atoms with Crippen LogP contribution in [0.15, 0.2) is 0 Å². The van der Waals surface area contributed by atoms with Gasteiger partial charge < -0.3 is 38.1 Å². The van der Waals surface area contributed by atoms with Crippen LogP contribution in [0.5, 0.6) is 0 Å². The standard InChI is InChI=1S/C36H71N7O5/c1-8-11-13-27(10-3)32(46)36(6,7)26-28(33(47)43-22-20-40-18-15-38)23-30(44)35(4,5)25-29(34(48)42-16-12-9-2)24-31(45)41-21-19-39-17-14-37/h27-29,39-40H,8-26,37-38H2,1-7H3,(H,41,45)(H,42,48)(H,43,47). The molecule has 0 aliphatic rings. The summed E-state index contributed by atoms with van der Waals surface area (Å²) in [5.74, 6) is -2.39. The Hall–Kier alpha value is -2.41. The number of amides is 3. The molecule has 12 heteroatoms. The van der Waals surface area contributed by atoms with Gasteiger partial charge in [-0.2, -0.15) is 0 Å². The van der Waals surface area contributed by atoms with Crippen LogP contribution in [-0.4, -0.2) is 88.2 Å². The summed E-state index contributed by atoms with van der Waals surface area (Å²) in [6.45, 7) is 18.1. The predicted molar refractivity (Wildman–Crippen MR) is 194 cm³/mol. The average Bonchev–Trinajstić information content (AvgIpc) is 3.03. The van der Waals surface area contributed by atoms with Crippen molar-refractivity contribution < 1.29 is 24.0 Å². The molecule has 0 aliphatic heterocycles. The zero-order chi connectivity index (χ0) is 36.6. The summed E-state index contributed by atoms with van der Waals surface area (Å²) in [5, 5.41) is 15.0. The summed E-state index contributed by atoms with van der Waals surface area (Å²) in [4.78, 5) is 67.4. The zero-order valence-corrected chi connectivity index (χ0v) is 31.4. The van der Waals surface area contributed by atoms with Crippen molar-refractivity contribution in [3.63, 3.8) is 0 Å². The Balaban J connectivity index is 5.98. The van der Waals surface area contributed by atoms with E-state index in [0.717, 1.165) is 38.5 Å². The number of nitrogens with one attached hydrogen (secondary N) is 5. The van der Waals surface area contributed by atoms with E-state index in [-0.39, 0.29) is 60.9 Å². The molecule has 0 saturated carbocycles. The lowest BCUT2D eigenvalue weighted by molar-refractivity contribution is -0.139. The SMILES string of the molecule is CCCCNC(=O)C(CC(=O)NCCNCCN)CC(C)(C)C(=O)CC(CC(C)(C)C(=O)C(CC)CCCC)C(=O)NCCNCCN. The summed E-state index contributed by atoms with van der Waals surface area (Å²) in [7, 11) is 0. The van der Waals surface area contributed by atoms with Crippen molar-refractivity contribution in [2.75, 3.05) is 58.9 Å². The molecule has 0 radical (unpaired) electrons. The Morgan fingerprint density at radius 2 is 1.08 bits per heavy atom. The lowest BCUT2D eigenvalue weighted by atomic mass is 9.70. The fourth-order valence-corrected chi connectivity index (χ4v) is 5.98. The molecule has 0 aromatic carbocycles. The highest BCUT2D eigenvalue weighted by molar-refractivity contribution is 5.92. The first kappa shape index (κ1) is 45.6. The molecule has 0 rings (SSSR count). The van der Waals surface area contributed by atoms with Crippen molar-refractivity contribution >= 4 is 29.3 Å². The van der Waals surface area contributed by atoms with Crippen LogP contribution >= 0.6 is 0 Å². The van der Waals surface area contributed by atoms with Crippen LogP contribution in [0.3, 0.4) is 0 Å². The molecule has 0 fully saturated rings. The fourth-order valence-electron chi connectivity index (χ4n) is 5.98. The average molecular weight is 682 g/mol. The molecule has 0 heterocycles. The van der Waals surface area contributed by atoms with Crippen molar-refractivity contribution in [2.45, 2.75) is 113 Å². The monoisotopic (exact) mass is 682 g/mol. The van der Waals surface area contributed by atoms with Gasteiger partial charge in [-0.25, -0.2) is 0 Å². The van der Waals surface area contributed by atoms with Crippen molar-refractivity contribution in [1.29, 1.82) is 0 Å². The largest absolute Gasteiger partial charge is 0.356 e. The van der Waals surface area contributed by atoms with Gasteiger partial charge in [-0.05, 0) is 32.1 Å². The molecule has 0 saturated heterocycles. The fraction of sp³-hybridized carbons (Fsp3) is 0.861. The third-order valence-electron chi connectivity index (χ3n) is 9.01. The molecule has 3 atom stereocenters. The van der Waals surface area contributed by atoms with Crippen LogP contribution in [0.2, 0.25) is 0 Å². The lowest BCUT2D eigenvalue weighted by Gasteiger charge is -2.33. The van der Waals surface area contributed by atoms with Crippen LogP contribution in [0, 0.1) is 28.6 Å². The maximum absolute atomic E-state index is 14.0. The highest BCUT2D eigenvalue weighted by atomic mass is 16.2.